The van der Waals surface area contributed by atoms with E-state index in [0.717, 1.165) is 0 Å². The van der Waals surface area contributed by atoms with Crippen molar-refractivity contribution in [2.45, 2.75) is 98.8 Å². The SMILES string of the molecule is CCO[Si](OCC)(OCC)C(C)C(C)C(C)(C)N(C(C)(C)C(C)N(C)S(=O)(=O)CC)S(C)(=O)=O. The van der Waals surface area contributed by atoms with E-state index in [1.807, 2.05) is 48.5 Å². The Morgan fingerprint density at radius 3 is 1.47 bits per heavy atom. The van der Waals surface area contributed by atoms with Gasteiger partial charge in [-0.3, -0.25) is 0 Å². The highest BCUT2D eigenvalue weighted by molar-refractivity contribution is 7.89. The molecule has 0 fully saturated rings. The molecule has 0 heterocycles. The van der Waals surface area contributed by atoms with Crippen molar-refractivity contribution in [2.75, 3.05) is 38.9 Å². The van der Waals surface area contributed by atoms with Crippen LogP contribution in [0.5, 0.6) is 0 Å². The van der Waals surface area contributed by atoms with Crippen molar-refractivity contribution in [1.29, 1.82) is 0 Å². The molecule has 3 atom stereocenters. The summed E-state index contributed by atoms with van der Waals surface area (Å²) in [6.45, 7) is 21.5. The summed E-state index contributed by atoms with van der Waals surface area (Å²) in [6.07, 6.45) is 1.17. The van der Waals surface area contributed by atoms with E-state index in [2.05, 4.69) is 0 Å². The van der Waals surface area contributed by atoms with E-state index in [0.29, 0.717) is 19.8 Å². The van der Waals surface area contributed by atoms with E-state index in [9.17, 15) is 16.8 Å². The second-order valence-electron chi connectivity index (χ2n) is 9.91. The standard InChI is InChI=1S/C22H50N2O7S2Si/c1-14-29-34(30-15-2,31-16-3)19(6)18(5)21(8,9)24(32(13,25)26)22(10,11)20(7)23(12)33(27,28)17-4/h18-20H,14-17H2,1-13H3. The van der Waals surface area contributed by atoms with Gasteiger partial charge in [0, 0.05) is 49.5 Å². The first-order chi connectivity index (χ1) is 15.2. The summed E-state index contributed by atoms with van der Waals surface area (Å²) in [7, 11) is -8.94. The van der Waals surface area contributed by atoms with E-state index in [-0.39, 0.29) is 17.2 Å². The van der Waals surface area contributed by atoms with Gasteiger partial charge in [-0.2, -0.15) is 4.31 Å². The van der Waals surface area contributed by atoms with Crippen LogP contribution in [0.15, 0.2) is 0 Å². The third-order valence-electron chi connectivity index (χ3n) is 7.21. The minimum Gasteiger partial charge on any atom is -0.374 e. The van der Waals surface area contributed by atoms with E-state index in [1.165, 1.54) is 21.9 Å². The number of hydrogen-bond acceptors (Lipinski definition) is 7. The van der Waals surface area contributed by atoms with Crippen LogP contribution in [0.4, 0.5) is 0 Å². The molecule has 0 aromatic rings. The first-order valence-electron chi connectivity index (χ1n) is 12.1. The Labute approximate surface area is 211 Å². The third kappa shape index (κ3) is 7.24. The number of nitrogens with zero attached hydrogens (tertiary/aromatic N) is 2. The Hall–Kier alpha value is -0.0831. The van der Waals surface area contributed by atoms with Gasteiger partial charge in [0.1, 0.15) is 0 Å². The molecule has 34 heavy (non-hydrogen) atoms. The average Bonchev–Trinajstić information content (AvgIpc) is 2.70. The zero-order chi connectivity index (χ0) is 27.3. The van der Waals surface area contributed by atoms with Gasteiger partial charge in [-0.15, -0.1) is 0 Å². The van der Waals surface area contributed by atoms with Crippen molar-refractivity contribution in [3.63, 3.8) is 0 Å². The van der Waals surface area contributed by atoms with Gasteiger partial charge in [0.05, 0.1) is 12.0 Å². The van der Waals surface area contributed by atoms with Crippen molar-refractivity contribution < 1.29 is 30.1 Å². The van der Waals surface area contributed by atoms with Crippen LogP contribution in [0.2, 0.25) is 5.54 Å². The molecule has 0 rings (SSSR count). The second-order valence-corrected chi connectivity index (χ2v) is 17.0. The fourth-order valence-electron chi connectivity index (χ4n) is 4.88. The number of sulfonamides is 2. The molecule has 0 bridgehead atoms. The molecule has 12 heteroatoms. The van der Waals surface area contributed by atoms with Crippen LogP contribution >= 0.6 is 0 Å². The Bertz CT molecular complexity index is 830. The normalized spacial score (nSPS) is 17.3. The Kier molecular flexibility index (Phi) is 12.4. The van der Waals surface area contributed by atoms with Crippen LogP contribution in [-0.4, -0.2) is 90.2 Å². The maximum atomic E-state index is 13.3. The van der Waals surface area contributed by atoms with Gasteiger partial charge in [0.2, 0.25) is 20.0 Å². The van der Waals surface area contributed by atoms with Gasteiger partial charge in [0.25, 0.3) is 0 Å². The van der Waals surface area contributed by atoms with Crippen molar-refractivity contribution in [2.24, 2.45) is 5.92 Å². The van der Waals surface area contributed by atoms with Crippen molar-refractivity contribution in [3.05, 3.63) is 0 Å². The summed E-state index contributed by atoms with van der Waals surface area (Å²) in [4.78, 5) is 0. The molecular weight excluding hydrogens is 496 g/mol. The zero-order valence-corrected chi connectivity index (χ0v) is 26.3. The summed E-state index contributed by atoms with van der Waals surface area (Å²) < 4.78 is 72.9. The van der Waals surface area contributed by atoms with Crippen LogP contribution in [0.3, 0.4) is 0 Å². The molecule has 9 nitrogen and oxygen atoms in total. The predicted molar refractivity (Wildman–Crippen MR) is 141 cm³/mol. The van der Waals surface area contributed by atoms with Crippen LogP contribution < -0.4 is 0 Å². The Morgan fingerprint density at radius 1 is 0.794 bits per heavy atom. The third-order valence-corrected chi connectivity index (χ3v) is 14.4. The van der Waals surface area contributed by atoms with Crippen LogP contribution in [0.1, 0.15) is 76.2 Å². The number of rotatable bonds is 16. The van der Waals surface area contributed by atoms with E-state index in [4.69, 9.17) is 13.3 Å². The van der Waals surface area contributed by atoms with Crippen LogP contribution in [0.25, 0.3) is 0 Å². The first kappa shape index (κ1) is 33.9. The topological polar surface area (TPSA) is 102 Å². The summed E-state index contributed by atoms with van der Waals surface area (Å²) >= 11 is 0. The molecule has 0 radical (unpaired) electrons. The molecule has 0 aromatic carbocycles. The minimum absolute atomic E-state index is 0.0647. The van der Waals surface area contributed by atoms with Gasteiger partial charge < -0.3 is 13.3 Å². The lowest BCUT2D eigenvalue weighted by Gasteiger charge is -2.54. The van der Waals surface area contributed by atoms with Crippen LogP contribution in [-0.2, 0) is 33.3 Å². The maximum absolute atomic E-state index is 13.3. The van der Waals surface area contributed by atoms with Crippen molar-refractivity contribution in [1.82, 2.24) is 8.61 Å². The lowest BCUT2D eigenvalue weighted by molar-refractivity contribution is 0.0106. The highest BCUT2D eigenvalue weighted by Gasteiger charge is 2.57. The smallest absolute Gasteiger partial charge is 0.374 e. The van der Waals surface area contributed by atoms with Gasteiger partial charge in [0.15, 0.2) is 0 Å². The molecule has 0 saturated carbocycles. The van der Waals surface area contributed by atoms with Crippen molar-refractivity contribution >= 4 is 28.9 Å². The van der Waals surface area contributed by atoms with Gasteiger partial charge in [-0.05, 0) is 68.2 Å². The lowest BCUT2D eigenvalue weighted by Crippen LogP contribution is -2.68. The molecule has 3 unspecified atom stereocenters. The first-order valence-corrected chi connectivity index (χ1v) is 17.4. The van der Waals surface area contributed by atoms with Crippen LogP contribution in [0, 0.1) is 5.92 Å². The van der Waals surface area contributed by atoms with E-state index in [1.54, 1.807) is 27.7 Å². The molecule has 0 aromatic heterocycles. The maximum Gasteiger partial charge on any atom is 0.504 e. The number of likely N-dealkylation sites (N-methyl/N-ethyl adjacent to an activating group) is 1. The average molecular weight is 547 g/mol. The molecule has 0 aliphatic carbocycles. The summed E-state index contributed by atoms with van der Waals surface area (Å²) in [6, 6.07) is -0.623. The minimum atomic E-state index is -3.77. The zero-order valence-electron chi connectivity index (χ0n) is 23.6. The molecule has 206 valence electrons. The van der Waals surface area contributed by atoms with E-state index >= 15 is 0 Å². The van der Waals surface area contributed by atoms with Gasteiger partial charge in [-0.25, -0.2) is 21.1 Å². The fourth-order valence-corrected chi connectivity index (χ4v) is 11.3. The fraction of sp³-hybridized carbons (Fsp3) is 1.00. The Balaban J connectivity index is 6.71. The summed E-state index contributed by atoms with van der Waals surface area (Å²) in [5, 5.41) is 0. The summed E-state index contributed by atoms with van der Waals surface area (Å²) in [5.74, 6) is -0.316. The van der Waals surface area contributed by atoms with Gasteiger partial charge in [-0.1, -0.05) is 13.8 Å². The largest absolute Gasteiger partial charge is 0.504 e. The van der Waals surface area contributed by atoms with E-state index < -0.39 is 46.0 Å². The second kappa shape index (κ2) is 12.4. The molecule has 0 saturated heterocycles. The highest BCUT2D eigenvalue weighted by Crippen LogP contribution is 2.45. The molecule has 0 aliphatic rings. The molecule has 0 N–H and O–H groups in total. The number of hydrogen-bond donors (Lipinski definition) is 0. The van der Waals surface area contributed by atoms with Crippen molar-refractivity contribution in [3.8, 4) is 0 Å². The molecule has 0 amide bonds. The monoisotopic (exact) mass is 546 g/mol. The van der Waals surface area contributed by atoms with Gasteiger partial charge >= 0.3 is 8.80 Å². The quantitative estimate of drug-likeness (QED) is 0.273. The molecular formula is C22H50N2O7S2Si. The lowest BCUT2D eigenvalue weighted by atomic mass is 9.82. The summed E-state index contributed by atoms with van der Waals surface area (Å²) in [5.41, 5.74) is -2.21. The molecule has 0 spiro atoms. The molecule has 0 aliphatic heterocycles. The highest BCUT2D eigenvalue weighted by atomic mass is 32.2. The Morgan fingerprint density at radius 2 is 1.18 bits per heavy atom. The predicted octanol–water partition coefficient (Wildman–Crippen LogP) is 3.55.